The van der Waals surface area contributed by atoms with E-state index in [1.54, 1.807) is 14.1 Å². The molecule has 4 atom stereocenters. The molecule has 8 heteroatoms. The zero-order chi connectivity index (χ0) is 26.4. The van der Waals surface area contributed by atoms with Crippen molar-refractivity contribution in [3.05, 3.63) is 0 Å². The average molecular weight is 496 g/mol. The van der Waals surface area contributed by atoms with Crippen molar-refractivity contribution < 1.29 is 24.3 Å². The predicted molar refractivity (Wildman–Crippen MR) is 138 cm³/mol. The van der Waals surface area contributed by atoms with Crippen LogP contribution in [0.2, 0.25) is 0 Å². The lowest BCUT2D eigenvalue weighted by molar-refractivity contribution is -0.144. The van der Waals surface area contributed by atoms with Crippen molar-refractivity contribution in [3.63, 3.8) is 0 Å². The summed E-state index contributed by atoms with van der Waals surface area (Å²) in [6.07, 6.45) is 10.8. The van der Waals surface area contributed by atoms with E-state index in [0.717, 1.165) is 44.9 Å². The maximum absolute atomic E-state index is 13.2. The number of amides is 3. The molecule has 1 rings (SSSR count). The molecule has 0 saturated carbocycles. The van der Waals surface area contributed by atoms with Crippen LogP contribution in [0.4, 0.5) is 0 Å². The standard InChI is InChI=1S/C27H49N3O5/c1-6-7-8-9-11-14-20-15-12-10-13-16-21(26(33)30(4)5)18-23(27(34)35)29-25(32)22(17-19(2)3)28-24(20)31/h19-23H,6-18H2,1-5H3,(H,28,31)(H,29,32)(H,34,35)/t20?,21?,22-,23-/m0/s1. The number of nitrogens with zero attached hydrogens (tertiary/aromatic N) is 1. The number of carbonyl (C=O) groups is 4. The minimum absolute atomic E-state index is 0.0425. The summed E-state index contributed by atoms with van der Waals surface area (Å²) < 4.78 is 0. The lowest BCUT2D eigenvalue weighted by atomic mass is 9.89. The first-order chi connectivity index (χ1) is 16.6. The fourth-order valence-electron chi connectivity index (χ4n) is 4.84. The van der Waals surface area contributed by atoms with Crippen LogP contribution >= 0.6 is 0 Å². The molecule has 1 fully saturated rings. The van der Waals surface area contributed by atoms with Crippen molar-refractivity contribution in [2.24, 2.45) is 17.8 Å². The van der Waals surface area contributed by atoms with Crippen LogP contribution in [0.15, 0.2) is 0 Å². The van der Waals surface area contributed by atoms with Crippen molar-refractivity contribution in [3.8, 4) is 0 Å². The van der Waals surface area contributed by atoms with Gasteiger partial charge in [-0.25, -0.2) is 4.79 Å². The van der Waals surface area contributed by atoms with E-state index in [0.29, 0.717) is 12.8 Å². The summed E-state index contributed by atoms with van der Waals surface area (Å²) in [5.41, 5.74) is 0. The van der Waals surface area contributed by atoms with Crippen molar-refractivity contribution in [1.82, 2.24) is 15.5 Å². The van der Waals surface area contributed by atoms with Crippen LogP contribution in [0.5, 0.6) is 0 Å². The molecule has 8 nitrogen and oxygen atoms in total. The second-order valence-corrected chi connectivity index (χ2v) is 10.8. The van der Waals surface area contributed by atoms with Gasteiger partial charge in [-0.2, -0.15) is 0 Å². The molecular formula is C27H49N3O5. The van der Waals surface area contributed by atoms with Gasteiger partial charge < -0.3 is 20.6 Å². The molecule has 3 amide bonds. The number of carbonyl (C=O) groups excluding carboxylic acids is 3. The highest BCUT2D eigenvalue weighted by Gasteiger charge is 2.33. The predicted octanol–water partition coefficient (Wildman–Crippen LogP) is 4.12. The Kier molecular flexibility index (Phi) is 14.6. The summed E-state index contributed by atoms with van der Waals surface area (Å²) >= 11 is 0. The van der Waals surface area contributed by atoms with Crippen LogP contribution < -0.4 is 10.6 Å². The highest BCUT2D eigenvalue weighted by molar-refractivity contribution is 5.91. The van der Waals surface area contributed by atoms with Crippen LogP contribution in [0.25, 0.3) is 0 Å². The van der Waals surface area contributed by atoms with Gasteiger partial charge in [-0.05, 0) is 38.0 Å². The molecule has 0 aromatic rings. The first-order valence-electron chi connectivity index (χ1n) is 13.6. The van der Waals surface area contributed by atoms with E-state index >= 15 is 0 Å². The van der Waals surface area contributed by atoms with Gasteiger partial charge in [0, 0.05) is 25.9 Å². The van der Waals surface area contributed by atoms with E-state index < -0.39 is 29.9 Å². The van der Waals surface area contributed by atoms with Gasteiger partial charge in [0.15, 0.2) is 0 Å². The van der Waals surface area contributed by atoms with E-state index in [9.17, 15) is 24.3 Å². The van der Waals surface area contributed by atoms with E-state index in [1.165, 1.54) is 24.2 Å². The number of nitrogens with one attached hydrogen (secondary N) is 2. The summed E-state index contributed by atoms with van der Waals surface area (Å²) in [4.78, 5) is 52.6. The van der Waals surface area contributed by atoms with Crippen LogP contribution in [-0.2, 0) is 19.2 Å². The molecule has 0 spiro atoms. The van der Waals surface area contributed by atoms with Gasteiger partial charge in [-0.15, -0.1) is 0 Å². The lowest BCUT2D eigenvalue weighted by Gasteiger charge is -2.28. The van der Waals surface area contributed by atoms with Gasteiger partial charge in [0.25, 0.3) is 0 Å². The number of carboxylic acids is 1. The number of rotatable bonds is 10. The molecule has 1 aliphatic rings. The minimum atomic E-state index is -1.18. The molecule has 0 bridgehead atoms. The Bertz CT molecular complexity index is 680. The Morgan fingerprint density at radius 3 is 2.23 bits per heavy atom. The van der Waals surface area contributed by atoms with Gasteiger partial charge in [-0.1, -0.05) is 72.1 Å². The number of hydrogen-bond acceptors (Lipinski definition) is 4. The van der Waals surface area contributed by atoms with Gasteiger partial charge in [-0.3, -0.25) is 14.4 Å². The molecule has 0 aliphatic carbocycles. The Morgan fingerprint density at radius 1 is 0.971 bits per heavy atom. The quantitative estimate of drug-likeness (QED) is 0.394. The minimum Gasteiger partial charge on any atom is -0.480 e. The SMILES string of the molecule is CCCCCCCC1CCCCCC(C(=O)N(C)C)C[C@@H](C(=O)O)NC(=O)[C@H](CC(C)C)NC1=O. The summed E-state index contributed by atoms with van der Waals surface area (Å²) in [5, 5.41) is 15.4. The number of unbranched alkanes of at least 4 members (excludes halogenated alkanes) is 4. The summed E-state index contributed by atoms with van der Waals surface area (Å²) in [6, 6.07) is -1.97. The number of hydrogen-bond donors (Lipinski definition) is 3. The third-order valence-electron chi connectivity index (χ3n) is 6.90. The fourth-order valence-corrected chi connectivity index (χ4v) is 4.84. The molecule has 3 N–H and O–H groups in total. The van der Waals surface area contributed by atoms with Crippen LogP contribution in [-0.4, -0.2) is 59.9 Å². The number of aliphatic carboxylic acids is 1. The monoisotopic (exact) mass is 495 g/mol. The van der Waals surface area contributed by atoms with Crippen molar-refractivity contribution in [1.29, 1.82) is 0 Å². The van der Waals surface area contributed by atoms with Crippen molar-refractivity contribution >= 4 is 23.7 Å². The van der Waals surface area contributed by atoms with E-state index in [-0.39, 0.29) is 30.1 Å². The molecule has 0 aromatic carbocycles. The highest BCUT2D eigenvalue weighted by Crippen LogP contribution is 2.23. The Labute approximate surface area is 212 Å². The van der Waals surface area contributed by atoms with Crippen LogP contribution in [0.3, 0.4) is 0 Å². The van der Waals surface area contributed by atoms with Crippen LogP contribution in [0, 0.1) is 17.8 Å². The molecule has 1 heterocycles. The van der Waals surface area contributed by atoms with Crippen molar-refractivity contribution in [2.75, 3.05) is 14.1 Å². The molecule has 1 aliphatic heterocycles. The fraction of sp³-hybridized carbons (Fsp3) is 0.852. The Morgan fingerprint density at radius 2 is 1.63 bits per heavy atom. The topological polar surface area (TPSA) is 116 Å². The maximum atomic E-state index is 13.2. The molecule has 202 valence electrons. The van der Waals surface area contributed by atoms with Gasteiger partial charge in [0.1, 0.15) is 12.1 Å². The largest absolute Gasteiger partial charge is 0.480 e. The average Bonchev–Trinajstić information content (AvgIpc) is 2.78. The molecule has 1 saturated heterocycles. The third kappa shape index (κ3) is 11.9. The third-order valence-corrected chi connectivity index (χ3v) is 6.90. The first-order valence-corrected chi connectivity index (χ1v) is 13.6. The smallest absolute Gasteiger partial charge is 0.326 e. The zero-order valence-corrected chi connectivity index (χ0v) is 22.6. The second-order valence-electron chi connectivity index (χ2n) is 10.8. The lowest BCUT2D eigenvalue weighted by Crippen LogP contribution is -2.53. The van der Waals surface area contributed by atoms with E-state index in [4.69, 9.17) is 0 Å². The highest BCUT2D eigenvalue weighted by atomic mass is 16.4. The van der Waals surface area contributed by atoms with Gasteiger partial charge in [0.05, 0.1) is 0 Å². The van der Waals surface area contributed by atoms with E-state index in [1.807, 2.05) is 13.8 Å². The summed E-state index contributed by atoms with van der Waals surface area (Å²) in [7, 11) is 3.34. The number of carboxylic acid groups (broad SMARTS) is 1. The van der Waals surface area contributed by atoms with Crippen molar-refractivity contribution in [2.45, 2.75) is 116 Å². The maximum Gasteiger partial charge on any atom is 0.326 e. The Hall–Kier alpha value is -2.12. The summed E-state index contributed by atoms with van der Waals surface area (Å²) in [6.45, 7) is 6.11. The normalized spacial score (nSPS) is 24.9. The molecule has 2 unspecified atom stereocenters. The molecule has 35 heavy (non-hydrogen) atoms. The first kappa shape index (κ1) is 30.9. The van der Waals surface area contributed by atoms with Crippen LogP contribution in [0.1, 0.15) is 104 Å². The molecule has 0 aromatic heterocycles. The Balaban J connectivity index is 3.10. The van der Waals surface area contributed by atoms with E-state index in [2.05, 4.69) is 17.6 Å². The molecule has 0 radical (unpaired) electrons. The van der Waals surface area contributed by atoms with Gasteiger partial charge in [0.2, 0.25) is 17.7 Å². The zero-order valence-electron chi connectivity index (χ0n) is 22.6. The summed E-state index contributed by atoms with van der Waals surface area (Å²) in [5.74, 6) is -2.36. The molecular weight excluding hydrogens is 446 g/mol. The second kappa shape index (κ2) is 16.5. The van der Waals surface area contributed by atoms with Gasteiger partial charge >= 0.3 is 5.97 Å².